The van der Waals surface area contributed by atoms with Crippen LogP contribution < -0.4 is 15.4 Å². The second-order valence-electron chi connectivity index (χ2n) is 7.51. The predicted molar refractivity (Wildman–Crippen MR) is 135 cm³/mol. The standard InChI is InChI=1S/C22H32N4O2S.HI/c1-5-23-21(25-14-20-24-13-17(3)29-20)26-15-22(8-10-28-11-9-22)18-12-16(2)6-7-19(18)27-4;/h6-7,12-13H,5,8-11,14-15H2,1-4H3,(H2,23,25,26);1H. The molecule has 1 aromatic heterocycles. The van der Waals surface area contributed by atoms with Gasteiger partial charge < -0.3 is 20.1 Å². The Bertz CT molecular complexity index is 834. The fourth-order valence-corrected chi connectivity index (χ4v) is 4.47. The van der Waals surface area contributed by atoms with Crippen molar-refractivity contribution in [3.63, 3.8) is 0 Å². The number of thiazole rings is 1. The van der Waals surface area contributed by atoms with E-state index in [1.54, 1.807) is 18.4 Å². The van der Waals surface area contributed by atoms with Gasteiger partial charge >= 0.3 is 0 Å². The summed E-state index contributed by atoms with van der Waals surface area (Å²) in [5.74, 6) is 1.76. The van der Waals surface area contributed by atoms with E-state index in [0.29, 0.717) is 6.54 Å². The monoisotopic (exact) mass is 544 g/mol. The summed E-state index contributed by atoms with van der Waals surface area (Å²) in [6.07, 6.45) is 3.80. The molecule has 0 spiro atoms. The molecule has 0 radical (unpaired) electrons. The molecular formula is C22H33IN4O2S. The Hall–Kier alpha value is -1.39. The number of nitrogens with zero attached hydrogens (tertiary/aromatic N) is 2. The summed E-state index contributed by atoms with van der Waals surface area (Å²) >= 11 is 1.69. The first-order chi connectivity index (χ1) is 14.1. The number of hydrogen-bond donors (Lipinski definition) is 2. The maximum absolute atomic E-state index is 5.72. The molecule has 0 atom stereocenters. The molecule has 1 aromatic carbocycles. The normalized spacial score (nSPS) is 15.9. The fourth-order valence-electron chi connectivity index (χ4n) is 3.76. The van der Waals surface area contributed by atoms with Gasteiger partial charge in [-0.05, 0) is 39.7 Å². The van der Waals surface area contributed by atoms with E-state index in [1.807, 2.05) is 6.20 Å². The SMILES string of the molecule is CCNC(=NCc1ncc(C)s1)NCC1(c2cc(C)ccc2OC)CCOCC1.I. The van der Waals surface area contributed by atoms with Crippen LogP contribution in [0.2, 0.25) is 0 Å². The molecule has 2 heterocycles. The Kier molecular flexibility index (Phi) is 9.83. The van der Waals surface area contributed by atoms with Crippen LogP contribution in [0.25, 0.3) is 0 Å². The van der Waals surface area contributed by atoms with Crippen LogP contribution in [-0.4, -0.2) is 44.4 Å². The van der Waals surface area contributed by atoms with Gasteiger partial charge in [-0.2, -0.15) is 0 Å². The fraction of sp³-hybridized carbons (Fsp3) is 0.545. The number of hydrogen-bond acceptors (Lipinski definition) is 5. The molecule has 0 saturated carbocycles. The van der Waals surface area contributed by atoms with E-state index in [-0.39, 0.29) is 29.4 Å². The van der Waals surface area contributed by atoms with Crippen molar-refractivity contribution in [2.45, 2.75) is 45.6 Å². The predicted octanol–water partition coefficient (Wildman–Crippen LogP) is 4.19. The molecule has 3 rings (SSSR count). The summed E-state index contributed by atoms with van der Waals surface area (Å²) in [6, 6.07) is 6.44. The van der Waals surface area contributed by atoms with Gasteiger partial charge in [-0.3, -0.25) is 0 Å². The minimum Gasteiger partial charge on any atom is -0.496 e. The zero-order chi connectivity index (χ0) is 20.7. The molecule has 2 N–H and O–H groups in total. The number of aryl methyl sites for hydroxylation is 2. The summed E-state index contributed by atoms with van der Waals surface area (Å²) in [7, 11) is 1.75. The lowest BCUT2D eigenvalue weighted by molar-refractivity contribution is 0.0505. The molecule has 30 heavy (non-hydrogen) atoms. The number of ether oxygens (including phenoxy) is 2. The highest BCUT2D eigenvalue weighted by molar-refractivity contribution is 14.0. The van der Waals surface area contributed by atoms with E-state index >= 15 is 0 Å². The smallest absolute Gasteiger partial charge is 0.191 e. The van der Waals surface area contributed by atoms with Crippen molar-refractivity contribution in [1.82, 2.24) is 15.6 Å². The van der Waals surface area contributed by atoms with Gasteiger partial charge in [0.05, 0.1) is 13.7 Å². The quantitative estimate of drug-likeness (QED) is 0.311. The molecule has 6 nitrogen and oxygen atoms in total. The average Bonchev–Trinajstić information content (AvgIpc) is 3.16. The summed E-state index contributed by atoms with van der Waals surface area (Å²) in [6.45, 7) is 9.96. The molecule has 1 fully saturated rings. The first-order valence-corrected chi connectivity index (χ1v) is 11.0. The molecule has 0 aliphatic carbocycles. The summed E-state index contributed by atoms with van der Waals surface area (Å²) in [4.78, 5) is 10.4. The van der Waals surface area contributed by atoms with Gasteiger partial charge in [0.1, 0.15) is 10.8 Å². The minimum absolute atomic E-state index is 0. The van der Waals surface area contributed by atoms with Crippen molar-refractivity contribution in [3.8, 4) is 5.75 Å². The van der Waals surface area contributed by atoms with Crippen LogP contribution in [0.4, 0.5) is 0 Å². The zero-order valence-corrected chi connectivity index (χ0v) is 21.4. The number of aromatic nitrogens is 1. The van der Waals surface area contributed by atoms with Crippen LogP contribution in [0, 0.1) is 13.8 Å². The van der Waals surface area contributed by atoms with Gasteiger partial charge in [0.2, 0.25) is 0 Å². The van der Waals surface area contributed by atoms with E-state index in [4.69, 9.17) is 14.5 Å². The molecular weight excluding hydrogens is 511 g/mol. The van der Waals surface area contributed by atoms with Crippen LogP contribution in [0.1, 0.15) is 40.8 Å². The highest BCUT2D eigenvalue weighted by Crippen LogP contribution is 2.40. The Morgan fingerprint density at radius 2 is 2.03 bits per heavy atom. The highest BCUT2D eigenvalue weighted by atomic mass is 127. The second kappa shape index (κ2) is 11.9. The number of guanidine groups is 1. The molecule has 1 aliphatic heterocycles. The molecule has 1 aliphatic rings. The summed E-state index contributed by atoms with van der Waals surface area (Å²) < 4.78 is 11.4. The molecule has 166 valence electrons. The topological polar surface area (TPSA) is 67.8 Å². The van der Waals surface area contributed by atoms with Crippen molar-refractivity contribution < 1.29 is 9.47 Å². The third kappa shape index (κ3) is 6.31. The average molecular weight is 545 g/mol. The molecule has 2 aromatic rings. The van der Waals surface area contributed by atoms with Crippen LogP contribution in [0.15, 0.2) is 29.4 Å². The van der Waals surface area contributed by atoms with Gasteiger partial charge in [0, 0.05) is 48.4 Å². The van der Waals surface area contributed by atoms with Crippen LogP contribution >= 0.6 is 35.3 Å². The van der Waals surface area contributed by atoms with Crippen LogP contribution in [0.3, 0.4) is 0 Å². The van der Waals surface area contributed by atoms with Gasteiger partial charge in [0.15, 0.2) is 5.96 Å². The number of aliphatic imine (C=N–C) groups is 1. The molecule has 8 heteroatoms. The van der Waals surface area contributed by atoms with Crippen molar-refractivity contribution in [2.24, 2.45) is 4.99 Å². The van der Waals surface area contributed by atoms with Gasteiger partial charge in [-0.1, -0.05) is 17.7 Å². The Balaban J connectivity index is 0.00000320. The maximum Gasteiger partial charge on any atom is 0.191 e. The first kappa shape index (κ1) is 24.9. The van der Waals surface area contributed by atoms with Crippen molar-refractivity contribution in [2.75, 3.05) is 33.4 Å². The van der Waals surface area contributed by atoms with E-state index in [2.05, 4.69) is 54.6 Å². The second-order valence-corrected chi connectivity index (χ2v) is 8.83. The van der Waals surface area contributed by atoms with Crippen molar-refractivity contribution in [3.05, 3.63) is 45.4 Å². The van der Waals surface area contributed by atoms with Gasteiger partial charge in [0.25, 0.3) is 0 Å². The van der Waals surface area contributed by atoms with Crippen molar-refractivity contribution >= 4 is 41.3 Å². The van der Waals surface area contributed by atoms with E-state index in [1.165, 1.54) is 16.0 Å². The number of halogens is 1. The number of benzene rings is 1. The van der Waals surface area contributed by atoms with Crippen LogP contribution in [-0.2, 0) is 16.7 Å². The van der Waals surface area contributed by atoms with Gasteiger partial charge in [-0.15, -0.1) is 35.3 Å². The molecule has 0 unspecified atom stereocenters. The lowest BCUT2D eigenvalue weighted by Gasteiger charge is -2.39. The molecule has 0 amide bonds. The third-order valence-electron chi connectivity index (χ3n) is 5.36. The maximum atomic E-state index is 5.72. The minimum atomic E-state index is -0.0520. The molecule has 0 bridgehead atoms. The first-order valence-electron chi connectivity index (χ1n) is 10.2. The van der Waals surface area contributed by atoms with Crippen LogP contribution in [0.5, 0.6) is 5.75 Å². The summed E-state index contributed by atoms with van der Waals surface area (Å²) in [5.41, 5.74) is 2.44. The Morgan fingerprint density at radius 3 is 2.67 bits per heavy atom. The summed E-state index contributed by atoms with van der Waals surface area (Å²) in [5, 5.41) is 7.97. The highest BCUT2D eigenvalue weighted by Gasteiger charge is 2.37. The van der Waals surface area contributed by atoms with E-state index < -0.39 is 0 Å². The lowest BCUT2D eigenvalue weighted by Crippen LogP contribution is -2.48. The van der Waals surface area contributed by atoms with Crippen molar-refractivity contribution in [1.29, 1.82) is 0 Å². The molecule has 1 saturated heterocycles. The number of methoxy groups -OCH3 is 1. The number of nitrogens with one attached hydrogen (secondary N) is 2. The van der Waals surface area contributed by atoms with E-state index in [9.17, 15) is 0 Å². The zero-order valence-electron chi connectivity index (χ0n) is 18.3. The van der Waals surface area contributed by atoms with E-state index in [0.717, 1.165) is 55.9 Å². The Morgan fingerprint density at radius 1 is 1.27 bits per heavy atom. The Labute approximate surface area is 200 Å². The third-order valence-corrected chi connectivity index (χ3v) is 6.25. The largest absolute Gasteiger partial charge is 0.496 e. The van der Waals surface area contributed by atoms with Gasteiger partial charge in [-0.25, -0.2) is 9.98 Å². The lowest BCUT2D eigenvalue weighted by atomic mass is 9.73. The number of rotatable bonds is 7.